The van der Waals surface area contributed by atoms with Crippen molar-refractivity contribution in [1.29, 1.82) is 0 Å². The van der Waals surface area contributed by atoms with Gasteiger partial charge in [0.25, 0.3) is 0 Å². The summed E-state index contributed by atoms with van der Waals surface area (Å²) in [6.45, 7) is 0. The second-order valence-corrected chi connectivity index (χ2v) is 7.66. The van der Waals surface area contributed by atoms with Crippen molar-refractivity contribution in [2.75, 3.05) is 7.11 Å². The van der Waals surface area contributed by atoms with Crippen molar-refractivity contribution >= 4 is 16.0 Å². The Balaban J connectivity index is 1.76. The number of hydrogen-bond donors (Lipinski definition) is 2. The van der Waals surface area contributed by atoms with Gasteiger partial charge in [0, 0.05) is 18.1 Å². The molecule has 0 radical (unpaired) electrons. The number of piperidine rings is 1. The molecule has 0 saturated carbocycles. The number of fused-ring (bicyclic) bond motifs is 2. The molecule has 2 bridgehead atoms. The molecule has 6 nitrogen and oxygen atoms in total. The molecule has 1 aromatic rings. The van der Waals surface area contributed by atoms with Crippen LogP contribution in [0.1, 0.15) is 36.0 Å². The molecule has 0 aliphatic carbocycles. The summed E-state index contributed by atoms with van der Waals surface area (Å²) < 4.78 is 32.4. The van der Waals surface area contributed by atoms with Crippen molar-refractivity contribution in [3.63, 3.8) is 0 Å². The number of methoxy groups -OCH3 is 1. The number of benzene rings is 1. The lowest BCUT2D eigenvalue weighted by Crippen LogP contribution is -2.47. The van der Waals surface area contributed by atoms with Crippen LogP contribution in [0, 0.1) is 0 Å². The minimum Gasteiger partial charge on any atom is -0.465 e. The first-order chi connectivity index (χ1) is 10.5. The molecule has 0 amide bonds. The lowest BCUT2D eigenvalue weighted by atomic mass is 10.0. The maximum atomic E-state index is 12.5. The van der Waals surface area contributed by atoms with Crippen LogP contribution in [-0.4, -0.2) is 39.6 Å². The molecule has 2 atom stereocenters. The van der Waals surface area contributed by atoms with Gasteiger partial charge in [-0.2, -0.15) is 0 Å². The van der Waals surface area contributed by atoms with E-state index in [1.807, 2.05) is 0 Å². The summed E-state index contributed by atoms with van der Waals surface area (Å²) in [5.41, 5.74) is 0.232. The zero-order valence-corrected chi connectivity index (χ0v) is 13.2. The van der Waals surface area contributed by atoms with Crippen molar-refractivity contribution in [2.45, 2.75) is 48.7 Å². The van der Waals surface area contributed by atoms with Gasteiger partial charge in [0.05, 0.1) is 17.6 Å². The number of carbonyl (C=O) groups excluding carboxylic acids is 1. The van der Waals surface area contributed by atoms with Crippen LogP contribution in [-0.2, 0) is 14.8 Å². The third-order valence-electron chi connectivity index (χ3n) is 4.36. The van der Waals surface area contributed by atoms with E-state index in [1.54, 1.807) is 6.07 Å². The van der Waals surface area contributed by atoms with Gasteiger partial charge in [0.2, 0.25) is 10.0 Å². The summed E-state index contributed by atoms with van der Waals surface area (Å²) >= 11 is 0. The second-order valence-electron chi connectivity index (χ2n) is 5.95. The lowest BCUT2D eigenvalue weighted by molar-refractivity contribution is 0.0600. The summed E-state index contributed by atoms with van der Waals surface area (Å²) in [5, 5.41) is 3.48. The normalized spacial score (nSPS) is 27.6. The Morgan fingerprint density at radius 2 is 1.95 bits per heavy atom. The Kier molecular flexibility index (Phi) is 4.20. The highest BCUT2D eigenvalue weighted by atomic mass is 32.2. The third kappa shape index (κ3) is 3.16. The summed E-state index contributed by atoms with van der Waals surface area (Å²) in [4.78, 5) is 11.6. The van der Waals surface area contributed by atoms with Crippen molar-refractivity contribution < 1.29 is 17.9 Å². The fourth-order valence-corrected chi connectivity index (χ4v) is 4.66. The van der Waals surface area contributed by atoms with E-state index in [4.69, 9.17) is 0 Å². The second kappa shape index (κ2) is 5.98. The van der Waals surface area contributed by atoms with Crippen LogP contribution in [0.2, 0.25) is 0 Å². The Labute approximate surface area is 130 Å². The molecule has 2 saturated heterocycles. The average Bonchev–Trinajstić information content (AvgIpc) is 2.85. The lowest BCUT2D eigenvalue weighted by Gasteiger charge is -2.29. The predicted octanol–water partition coefficient (Wildman–Crippen LogP) is 1.03. The minimum atomic E-state index is -3.63. The van der Waals surface area contributed by atoms with Crippen molar-refractivity contribution in [1.82, 2.24) is 10.0 Å². The van der Waals surface area contributed by atoms with Crippen LogP contribution in [0.4, 0.5) is 0 Å². The number of ether oxygens (including phenoxy) is 1. The monoisotopic (exact) mass is 324 g/mol. The molecule has 1 aromatic carbocycles. The van der Waals surface area contributed by atoms with Gasteiger partial charge in [-0.05, 0) is 43.9 Å². The van der Waals surface area contributed by atoms with Gasteiger partial charge < -0.3 is 10.1 Å². The molecule has 0 aromatic heterocycles. The Hall–Kier alpha value is -1.44. The topological polar surface area (TPSA) is 84.5 Å². The fraction of sp³-hybridized carbons (Fsp3) is 0.533. The van der Waals surface area contributed by atoms with Crippen molar-refractivity contribution in [2.24, 2.45) is 0 Å². The molecule has 2 unspecified atom stereocenters. The molecule has 3 rings (SSSR count). The number of nitrogens with one attached hydrogen (secondary N) is 2. The first-order valence-corrected chi connectivity index (χ1v) is 8.93. The van der Waals surface area contributed by atoms with E-state index in [-0.39, 0.29) is 16.5 Å². The Morgan fingerprint density at radius 1 is 1.27 bits per heavy atom. The predicted molar refractivity (Wildman–Crippen MR) is 81.1 cm³/mol. The van der Waals surface area contributed by atoms with E-state index in [2.05, 4.69) is 14.8 Å². The van der Waals surface area contributed by atoms with E-state index in [0.29, 0.717) is 12.1 Å². The van der Waals surface area contributed by atoms with Gasteiger partial charge in [-0.15, -0.1) is 0 Å². The van der Waals surface area contributed by atoms with E-state index < -0.39 is 16.0 Å². The molecule has 120 valence electrons. The summed E-state index contributed by atoms with van der Waals surface area (Å²) in [5.74, 6) is -0.544. The third-order valence-corrected chi connectivity index (χ3v) is 5.88. The van der Waals surface area contributed by atoms with Crippen molar-refractivity contribution in [3.05, 3.63) is 29.8 Å². The molecule has 2 N–H and O–H groups in total. The molecule has 2 aliphatic heterocycles. The van der Waals surface area contributed by atoms with E-state index >= 15 is 0 Å². The first kappa shape index (κ1) is 15.5. The number of rotatable bonds is 4. The fourth-order valence-electron chi connectivity index (χ4n) is 3.35. The number of hydrogen-bond acceptors (Lipinski definition) is 5. The number of carbonyl (C=O) groups is 1. The van der Waals surface area contributed by atoms with Crippen LogP contribution < -0.4 is 10.0 Å². The van der Waals surface area contributed by atoms with Crippen LogP contribution in [0.5, 0.6) is 0 Å². The van der Waals surface area contributed by atoms with Crippen molar-refractivity contribution in [3.8, 4) is 0 Å². The quantitative estimate of drug-likeness (QED) is 0.808. The molecule has 22 heavy (non-hydrogen) atoms. The van der Waals surface area contributed by atoms with Crippen LogP contribution in [0.15, 0.2) is 29.2 Å². The smallest absolute Gasteiger partial charge is 0.337 e. The summed E-state index contributed by atoms with van der Waals surface area (Å²) in [6, 6.07) is 6.70. The Bertz CT molecular complexity index is 662. The van der Waals surface area contributed by atoms with Gasteiger partial charge in [0.1, 0.15) is 0 Å². The highest BCUT2D eigenvalue weighted by molar-refractivity contribution is 7.89. The maximum absolute atomic E-state index is 12.5. The highest BCUT2D eigenvalue weighted by Crippen LogP contribution is 2.27. The van der Waals surface area contributed by atoms with Gasteiger partial charge in [0.15, 0.2) is 0 Å². The minimum absolute atomic E-state index is 0.0504. The van der Waals surface area contributed by atoms with Crippen LogP contribution in [0.25, 0.3) is 0 Å². The first-order valence-electron chi connectivity index (χ1n) is 7.44. The van der Waals surface area contributed by atoms with E-state index in [1.165, 1.54) is 25.3 Å². The maximum Gasteiger partial charge on any atom is 0.337 e. The zero-order chi connectivity index (χ0) is 15.7. The highest BCUT2D eigenvalue weighted by Gasteiger charge is 2.35. The summed E-state index contributed by atoms with van der Waals surface area (Å²) in [7, 11) is -2.36. The van der Waals surface area contributed by atoms with Crippen LogP contribution >= 0.6 is 0 Å². The zero-order valence-electron chi connectivity index (χ0n) is 12.4. The van der Waals surface area contributed by atoms with Gasteiger partial charge in [-0.1, -0.05) is 6.07 Å². The standard InChI is InChI=1S/C15H20N2O4S/c1-21-15(18)10-3-2-4-14(7-10)22(19,20)17-13-8-11-5-6-12(9-13)16-11/h2-4,7,11-13,16-17H,5-6,8-9H2,1H3. The largest absolute Gasteiger partial charge is 0.465 e. The molecular weight excluding hydrogens is 304 g/mol. The molecule has 2 aliphatic rings. The van der Waals surface area contributed by atoms with Gasteiger partial charge in [-0.25, -0.2) is 17.9 Å². The number of sulfonamides is 1. The summed E-state index contributed by atoms with van der Waals surface area (Å²) in [6.07, 6.45) is 3.85. The molecule has 0 spiro atoms. The molecule has 7 heteroatoms. The molecular formula is C15H20N2O4S. The average molecular weight is 324 g/mol. The molecule has 2 fully saturated rings. The van der Waals surface area contributed by atoms with Gasteiger partial charge in [-0.3, -0.25) is 0 Å². The van der Waals surface area contributed by atoms with Crippen LogP contribution in [0.3, 0.4) is 0 Å². The Morgan fingerprint density at radius 3 is 2.59 bits per heavy atom. The van der Waals surface area contributed by atoms with Gasteiger partial charge >= 0.3 is 5.97 Å². The van der Waals surface area contributed by atoms with E-state index in [9.17, 15) is 13.2 Å². The number of esters is 1. The SMILES string of the molecule is COC(=O)c1cccc(S(=O)(=O)NC2CC3CCC(C2)N3)c1. The van der Waals surface area contributed by atoms with E-state index in [0.717, 1.165) is 25.7 Å². The molecule has 2 heterocycles.